The second-order valence-corrected chi connectivity index (χ2v) is 7.21. The van der Waals surface area contributed by atoms with E-state index >= 15 is 0 Å². The molecule has 0 aliphatic heterocycles. The summed E-state index contributed by atoms with van der Waals surface area (Å²) in [6.07, 6.45) is 0.381. The van der Waals surface area contributed by atoms with Crippen molar-refractivity contribution in [2.75, 3.05) is 6.54 Å². The van der Waals surface area contributed by atoms with E-state index in [0.717, 1.165) is 27.2 Å². The van der Waals surface area contributed by atoms with E-state index in [1.165, 1.54) is 0 Å². The lowest BCUT2D eigenvalue weighted by atomic mass is 10.2. The van der Waals surface area contributed by atoms with Gasteiger partial charge in [-0.25, -0.2) is 0 Å². The van der Waals surface area contributed by atoms with Crippen molar-refractivity contribution in [2.45, 2.75) is 53.6 Å². The van der Waals surface area contributed by atoms with Crippen LogP contribution in [0.5, 0.6) is 0 Å². The molecule has 0 unspecified atom stereocenters. The van der Waals surface area contributed by atoms with Crippen LogP contribution >= 0.6 is 27.5 Å². The molecule has 132 valence electrons. The van der Waals surface area contributed by atoms with Gasteiger partial charge in [-0.15, -0.1) is 0 Å². The molecule has 2 aromatic rings. The number of nitrogens with one attached hydrogen (secondary N) is 1. The summed E-state index contributed by atoms with van der Waals surface area (Å²) >= 11 is 9.63. The first-order valence-electron chi connectivity index (χ1n) is 7.89. The number of rotatable bonds is 6. The van der Waals surface area contributed by atoms with Gasteiger partial charge in [0.2, 0.25) is 5.91 Å². The maximum atomic E-state index is 12.2. The highest BCUT2D eigenvalue weighted by atomic mass is 79.9. The minimum absolute atomic E-state index is 0.00111. The summed E-state index contributed by atoms with van der Waals surface area (Å²) in [4.78, 5) is 12.2. The quantitative estimate of drug-likeness (QED) is 0.784. The zero-order valence-electron chi connectivity index (χ0n) is 14.7. The van der Waals surface area contributed by atoms with Gasteiger partial charge in [-0.05, 0) is 50.5 Å². The van der Waals surface area contributed by atoms with Crippen LogP contribution in [-0.4, -0.2) is 32.0 Å². The Labute approximate surface area is 155 Å². The van der Waals surface area contributed by atoms with E-state index in [1.54, 1.807) is 0 Å². The molecule has 0 aliphatic rings. The van der Waals surface area contributed by atoms with Crippen LogP contribution in [0.2, 0.25) is 5.02 Å². The van der Waals surface area contributed by atoms with Gasteiger partial charge in [0.15, 0.2) is 0 Å². The largest absolute Gasteiger partial charge is 0.354 e. The molecule has 2 rings (SSSR count). The lowest BCUT2D eigenvalue weighted by Gasteiger charge is -2.14. The number of carbonyl (C=O) groups excluding carboxylic acids is 1. The number of hydrogen-bond donors (Lipinski definition) is 1. The van der Waals surface area contributed by atoms with Crippen molar-refractivity contribution in [3.63, 3.8) is 0 Å². The third-order valence-electron chi connectivity index (χ3n) is 4.07. The summed E-state index contributed by atoms with van der Waals surface area (Å²) in [6.45, 7) is 10.8. The number of amides is 1. The standard InChI is InChI=1S/C16H23BrClN5O/c1-9(23-12(4)15(17)10(2)21-23)8-14(24)19-6-7-22-13(5)16(18)11(3)20-22/h9H,6-8H2,1-5H3,(H,19,24)/t9-/m0/s1. The molecule has 24 heavy (non-hydrogen) atoms. The molecule has 0 bridgehead atoms. The highest BCUT2D eigenvalue weighted by molar-refractivity contribution is 9.10. The molecule has 6 nitrogen and oxygen atoms in total. The minimum Gasteiger partial charge on any atom is -0.354 e. The van der Waals surface area contributed by atoms with Crippen molar-refractivity contribution in [1.29, 1.82) is 0 Å². The van der Waals surface area contributed by atoms with Crippen LogP contribution in [0.4, 0.5) is 0 Å². The number of hydrogen-bond acceptors (Lipinski definition) is 3. The Kier molecular flexibility index (Phi) is 6.09. The second kappa shape index (κ2) is 7.70. The fraction of sp³-hybridized carbons (Fsp3) is 0.562. The Morgan fingerprint density at radius 2 is 1.88 bits per heavy atom. The smallest absolute Gasteiger partial charge is 0.222 e. The average molecular weight is 417 g/mol. The predicted molar refractivity (Wildman–Crippen MR) is 98.4 cm³/mol. The van der Waals surface area contributed by atoms with E-state index in [-0.39, 0.29) is 11.9 Å². The summed E-state index contributed by atoms with van der Waals surface area (Å²) in [5.74, 6) is -0.00111. The van der Waals surface area contributed by atoms with Gasteiger partial charge < -0.3 is 5.32 Å². The molecule has 0 aromatic carbocycles. The monoisotopic (exact) mass is 415 g/mol. The third kappa shape index (κ3) is 4.00. The van der Waals surface area contributed by atoms with Gasteiger partial charge in [-0.1, -0.05) is 11.6 Å². The number of aryl methyl sites for hydroxylation is 2. The normalized spacial score (nSPS) is 12.5. The van der Waals surface area contributed by atoms with E-state index in [0.29, 0.717) is 24.5 Å². The number of aromatic nitrogens is 4. The fourth-order valence-electron chi connectivity index (χ4n) is 2.69. The van der Waals surface area contributed by atoms with Crippen LogP contribution in [-0.2, 0) is 11.3 Å². The number of carbonyl (C=O) groups is 1. The van der Waals surface area contributed by atoms with Gasteiger partial charge in [0.1, 0.15) is 0 Å². The van der Waals surface area contributed by atoms with Crippen LogP contribution in [0, 0.1) is 27.7 Å². The molecule has 2 aromatic heterocycles. The molecule has 1 amide bonds. The molecule has 0 fully saturated rings. The predicted octanol–water partition coefficient (Wildman–Crippen LogP) is 3.50. The third-order valence-corrected chi connectivity index (χ3v) is 5.77. The lowest BCUT2D eigenvalue weighted by molar-refractivity contribution is -0.121. The average Bonchev–Trinajstić information content (AvgIpc) is 2.92. The Morgan fingerprint density at radius 3 is 2.38 bits per heavy atom. The molecule has 8 heteroatoms. The summed E-state index contributed by atoms with van der Waals surface area (Å²) in [6, 6.07) is -0.00173. The topological polar surface area (TPSA) is 64.7 Å². The van der Waals surface area contributed by atoms with Gasteiger partial charge in [0.05, 0.1) is 44.9 Å². The van der Waals surface area contributed by atoms with Gasteiger partial charge in [0.25, 0.3) is 0 Å². The zero-order chi connectivity index (χ0) is 18.0. The second-order valence-electron chi connectivity index (χ2n) is 6.04. The van der Waals surface area contributed by atoms with Gasteiger partial charge in [-0.2, -0.15) is 10.2 Å². The van der Waals surface area contributed by atoms with E-state index in [1.807, 2.05) is 44.0 Å². The van der Waals surface area contributed by atoms with Crippen molar-refractivity contribution in [3.05, 3.63) is 32.3 Å². The van der Waals surface area contributed by atoms with Gasteiger partial charge >= 0.3 is 0 Å². The van der Waals surface area contributed by atoms with Crippen molar-refractivity contribution < 1.29 is 4.79 Å². The fourth-order valence-corrected chi connectivity index (χ4v) is 3.09. The maximum absolute atomic E-state index is 12.2. The van der Waals surface area contributed by atoms with Gasteiger partial charge in [-0.3, -0.25) is 14.2 Å². The Morgan fingerprint density at radius 1 is 1.21 bits per heavy atom. The number of nitrogens with zero attached hydrogens (tertiary/aromatic N) is 4. The van der Waals surface area contributed by atoms with Crippen LogP contribution < -0.4 is 5.32 Å². The van der Waals surface area contributed by atoms with E-state index < -0.39 is 0 Å². The molecule has 0 aliphatic carbocycles. The van der Waals surface area contributed by atoms with Crippen LogP contribution in [0.1, 0.15) is 42.2 Å². The first-order chi connectivity index (χ1) is 11.2. The summed E-state index contributed by atoms with van der Waals surface area (Å²) in [5.41, 5.74) is 3.69. The lowest BCUT2D eigenvalue weighted by Crippen LogP contribution is -2.29. The Hall–Kier alpha value is -1.34. The van der Waals surface area contributed by atoms with E-state index in [2.05, 4.69) is 31.4 Å². The molecule has 0 saturated heterocycles. The van der Waals surface area contributed by atoms with Crippen molar-refractivity contribution >= 4 is 33.4 Å². The molecule has 0 saturated carbocycles. The molecular formula is C16H23BrClN5O. The molecular weight excluding hydrogens is 394 g/mol. The van der Waals surface area contributed by atoms with E-state index in [9.17, 15) is 4.79 Å². The molecule has 1 atom stereocenters. The molecule has 2 heterocycles. The molecule has 0 spiro atoms. The van der Waals surface area contributed by atoms with Crippen LogP contribution in [0.15, 0.2) is 4.47 Å². The molecule has 0 radical (unpaired) electrons. The number of halogens is 2. The summed E-state index contributed by atoms with van der Waals surface area (Å²) in [5, 5.41) is 12.4. The highest BCUT2D eigenvalue weighted by Gasteiger charge is 2.17. The van der Waals surface area contributed by atoms with Gasteiger partial charge in [0, 0.05) is 13.0 Å². The van der Waals surface area contributed by atoms with Crippen LogP contribution in [0.3, 0.4) is 0 Å². The van der Waals surface area contributed by atoms with Crippen LogP contribution in [0.25, 0.3) is 0 Å². The Balaban J connectivity index is 1.86. The Bertz CT molecular complexity index is 752. The minimum atomic E-state index is -0.00173. The SMILES string of the molecule is Cc1nn(CCNC(=O)C[C@H](C)n2nc(C)c(Br)c2C)c(C)c1Cl. The van der Waals surface area contributed by atoms with Crippen molar-refractivity contribution in [2.24, 2.45) is 0 Å². The first kappa shape index (κ1) is 19.0. The molecule has 1 N–H and O–H groups in total. The van der Waals surface area contributed by atoms with Crippen molar-refractivity contribution in [1.82, 2.24) is 24.9 Å². The maximum Gasteiger partial charge on any atom is 0.222 e. The first-order valence-corrected chi connectivity index (χ1v) is 9.06. The highest BCUT2D eigenvalue weighted by Crippen LogP contribution is 2.24. The van der Waals surface area contributed by atoms with Crippen molar-refractivity contribution in [3.8, 4) is 0 Å². The summed E-state index contributed by atoms with van der Waals surface area (Å²) in [7, 11) is 0. The zero-order valence-corrected chi connectivity index (χ0v) is 17.0. The van der Waals surface area contributed by atoms with E-state index in [4.69, 9.17) is 11.6 Å². The summed E-state index contributed by atoms with van der Waals surface area (Å²) < 4.78 is 4.70.